The van der Waals surface area contributed by atoms with Gasteiger partial charge in [-0.05, 0) is 23.8 Å². The Balaban J connectivity index is 1.96. The van der Waals surface area contributed by atoms with Gasteiger partial charge in [0.15, 0.2) is 0 Å². The molecule has 1 aromatic carbocycles. The van der Waals surface area contributed by atoms with Crippen LogP contribution in [0.1, 0.15) is 27.9 Å². The van der Waals surface area contributed by atoms with Crippen LogP contribution in [0.15, 0.2) is 48.9 Å². The first-order chi connectivity index (χ1) is 11.6. The summed E-state index contributed by atoms with van der Waals surface area (Å²) in [5.41, 5.74) is 1.26. The van der Waals surface area contributed by atoms with E-state index in [1.165, 1.54) is 0 Å². The van der Waals surface area contributed by atoms with Crippen molar-refractivity contribution in [2.75, 3.05) is 7.11 Å². The van der Waals surface area contributed by atoms with Crippen LogP contribution in [0.2, 0.25) is 5.02 Å². The van der Waals surface area contributed by atoms with E-state index >= 15 is 0 Å². The molecular formula is C17H17ClN4O2. The first kappa shape index (κ1) is 16.1. The maximum Gasteiger partial charge on any atom is 0.268 e. The van der Waals surface area contributed by atoms with E-state index in [0.717, 1.165) is 5.56 Å². The topological polar surface area (TPSA) is 71.9 Å². The summed E-state index contributed by atoms with van der Waals surface area (Å²) in [6.45, 7) is 0. The summed E-state index contributed by atoms with van der Waals surface area (Å²) in [4.78, 5) is 19.8. The van der Waals surface area contributed by atoms with E-state index in [4.69, 9.17) is 16.3 Å². The van der Waals surface area contributed by atoms with Gasteiger partial charge in [0.1, 0.15) is 23.3 Å². The Morgan fingerprint density at radius 1 is 1.42 bits per heavy atom. The molecule has 2 heterocycles. The molecule has 2 N–H and O–H groups in total. The molecule has 24 heavy (non-hydrogen) atoms. The number of imidazole rings is 1. The third-order valence-electron chi connectivity index (χ3n) is 3.71. The molecule has 0 bridgehead atoms. The van der Waals surface area contributed by atoms with Crippen LogP contribution in [0, 0.1) is 0 Å². The highest BCUT2D eigenvalue weighted by Gasteiger charge is 2.22. The van der Waals surface area contributed by atoms with E-state index in [9.17, 15) is 4.79 Å². The number of ether oxygens (including phenoxy) is 1. The quantitative estimate of drug-likeness (QED) is 0.747. The summed E-state index contributed by atoms with van der Waals surface area (Å²) in [5, 5.41) is 3.47. The third kappa shape index (κ3) is 3.28. The van der Waals surface area contributed by atoms with Gasteiger partial charge in [-0.2, -0.15) is 0 Å². The fraction of sp³-hybridized carbons (Fsp3) is 0.176. The molecule has 6 nitrogen and oxygen atoms in total. The second-order valence-electron chi connectivity index (χ2n) is 5.31. The number of carbonyl (C=O) groups excluding carboxylic acids is 1. The van der Waals surface area contributed by atoms with Crippen molar-refractivity contribution in [3.63, 3.8) is 0 Å². The zero-order valence-corrected chi connectivity index (χ0v) is 14.0. The second-order valence-corrected chi connectivity index (χ2v) is 5.75. The number of H-pyrrole nitrogens is 1. The van der Waals surface area contributed by atoms with E-state index in [1.54, 1.807) is 25.6 Å². The van der Waals surface area contributed by atoms with Crippen LogP contribution < -0.4 is 10.1 Å². The van der Waals surface area contributed by atoms with Crippen molar-refractivity contribution in [3.8, 4) is 5.75 Å². The number of methoxy groups -OCH3 is 1. The second kappa shape index (κ2) is 6.80. The number of aromatic amines is 1. The summed E-state index contributed by atoms with van der Waals surface area (Å²) in [6.07, 6.45) is 5.10. The predicted molar refractivity (Wildman–Crippen MR) is 91.3 cm³/mol. The number of hydrogen-bond acceptors (Lipinski definition) is 3. The number of benzene rings is 1. The fourth-order valence-electron chi connectivity index (χ4n) is 2.48. The van der Waals surface area contributed by atoms with Crippen LogP contribution in [-0.4, -0.2) is 27.6 Å². The normalized spacial score (nSPS) is 12.0. The zero-order valence-electron chi connectivity index (χ0n) is 13.3. The van der Waals surface area contributed by atoms with Crippen molar-refractivity contribution >= 4 is 17.5 Å². The van der Waals surface area contributed by atoms with E-state index in [1.807, 2.05) is 42.1 Å². The third-order valence-corrected chi connectivity index (χ3v) is 3.93. The maximum atomic E-state index is 12.5. The standard InChI is InChI=1S/C17H17ClN4O2/c1-22-7-6-19-16(22)15(11-4-3-5-13(8-11)24-2)21-17(23)14-9-12(18)10-20-14/h3-10,15,20H,1-2H3,(H,21,23). The van der Waals surface area contributed by atoms with Gasteiger partial charge in [0.25, 0.3) is 5.91 Å². The Morgan fingerprint density at radius 3 is 2.88 bits per heavy atom. The van der Waals surface area contributed by atoms with Crippen molar-refractivity contribution in [2.45, 2.75) is 6.04 Å². The van der Waals surface area contributed by atoms with E-state index in [-0.39, 0.29) is 5.91 Å². The molecule has 1 amide bonds. The number of rotatable bonds is 5. The summed E-state index contributed by atoms with van der Waals surface area (Å²) < 4.78 is 7.15. The lowest BCUT2D eigenvalue weighted by Crippen LogP contribution is -2.31. The van der Waals surface area contributed by atoms with Gasteiger partial charge in [-0.1, -0.05) is 23.7 Å². The highest BCUT2D eigenvalue weighted by atomic mass is 35.5. The van der Waals surface area contributed by atoms with Crippen LogP contribution in [0.25, 0.3) is 0 Å². The molecule has 0 radical (unpaired) electrons. The Kier molecular flexibility index (Phi) is 4.57. The Morgan fingerprint density at radius 2 is 2.25 bits per heavy atom. The molecule has 124 valence electrons. The van der Waals surface area contributed by atoms with E-state index in [2.05, 4.69) is 15.3 Å². The van der Waals surface area contributed by atoms with Crippen LogP contribution >= 0.6 is 11.6 Å². The minimum absolute atomic E-state index is 0.266. The minimum atomic E-state index is -0.422. The Bertz CT molecular complexity index is 856. The molecule has 1 unspecified atom stereocenters. The van der Waals surface area contributed by atoms with Crippen molar-refractivity contribution in [1.82, 2.24) is 19.9 Å². The molecule has 0 aliphatic heterocycles. The first-order valence-electron chi connectivity index (χ1n) is 7.34. The summed E-state index contributed by atoms with van der Waals surface area (Å²) in [5.74, 6) is 1.16. The lowest BCUT2D eigenvalue weighted by Gasteiger charge is -2.19. The highest BCUT2D eigenvalue weighted by molar-refractivity contribution is 6.30. The molecule has 0 saturated heterocycles. The number of aryl methyl sites for hydroxylation is 1. The van der Waals surface area contributed by atoms with Crippen LogP contribution in [0.4, 0.5) is 0 Å². The molecule has 3 rings (SSSR count). The summed E-state index contributed by atoms with van der Waals surface area (Å²) in [6, 6.07) is 8.69. The molecule has 1 atom stereocenters. The predicted octanol–water partition coefficient (Wildman–Crippen LogP) is 2.93. The van der Waals surface area contributed by atoms with Gasteiger partial charge < -0.3 is 19.6 Å². The average Bonchev–Trinajstić information content (AvgIpc) is 3.21. The fourth-order valence-corrected chi connectivity index (χ4v) is 2.64. The summed E-state index contributed by atoms with van der Waals surface area (Å²) in [7, 11) is 3.49. The van der Waals surface area contributed by atoms with Crippen molar-refractivity contribution in [3.05, 3.63) is 71.0 Å². The van der Waals surface area contributed by atoms with Gasteiger partial charge in [-0.3, -0.25) is 4.79 Å². The molecule has 0 spiro atoms. The first-order valence-corrected chi connectivity index (χ1v) is 7.72. The molecule has 0 aliphatic rings. The zero-order chi connectivity index (χ0) is 17.1. The highest BCUT2D eigenvalue weighted by Crippen LogP contribution is 2.24. The van der Waals surface area contributed by atoms with Crippen LogP contribution in [-0.2, 0) is 7.05 Å². The van der Waals surface area contributed by atoms with Crippen LogP contribution in [0.3, 0.4) is 0 Å². The lowest BCUT2D eigenvalue weighted by atomic mass is 10.1. The molecule has 2 aromatic heterocycles. The number of hydrogen-bond donors (Lipinski definition) is 2. The van der Waals surface area contributed by atoms with E-state index in [0.29, 0.717) is 22.3 Å². The van der Waals surface area contributed by atoms with Gasteiger partial charge in [-0.25, -0.2) is 4.98 Å². The number of nitrogens with zero attached hydrogens (tertiary/aromatic N) is 2. The number of aromatic nitrogens is 3. The molecule has 3 aromatic rings. The molecule has 0 saturated carbocycles. The lowest BCUT2D eigenvalue weighted by molar-refractivity contribution is 0.0936. The van der Waals surface area contributed by atoms with Gasteiger partial charge in [0, 0.05) is 25.6 Å². The molecule has 0 fully saturated rings. The molecule has 7 heteroatoms. The van der Waals surface area contributed by atoms with Crippen molar-refractivity contribution in [1.29, 1.82) is 0 Å². The van der Waals surface area contributed by atoms with Gasteiger partial charge in [-0.15, -0.1) is 0 Å². The largest absolute Gasteiger partial charge is 0.497 e. The maximum absolute atomic E-state index is 12.5. The van der Waals surface area contributed by atoms with Crippen molar-refractivity contribution < 1.29 is 9.53 Å². The Labute approximate surface area is 144 Å². The van der Waals surface area contributed by atoms with Crippen LogP contribution in [0.5, 0.6) is 5.75 Å². The Hall–Kier alpha value is -2.73. The minimum Gasteiger partial charge on any atom is -0.497 e. The number of halogens is 1. The smallest absolute Gasteiger partial charge is 0.268 e. The monoisotopic (exact) mass is 344 g/mol. The van der Waals surface area contributed by atoms with Gasteiger partial charge >= 0.3 is 0 Å². The van der Waals surface area contributed by atoms with Crippen molar-refractivity contribution in [2.24, 2.45) is 7.05 Å². The number of carbonyl (C=O) groups is 1. The summed E-state index contributed by atoms with van der Waals surface area (Å²) >= 11 is 5.88. The van der Waals surface area contributed by atoms with Gasteiger partial charge in [0.05, 0.1) is 12.1 Å². The number of amides is 1. The molecule has 0 aliphatic carbocycles. The number of nitrogens with one attached hydrogen (secondary N) is 2. The van der Waals surface area contributed by atoms with E-state index < -0.39 is 6.04 Å². The average molecular weight is 345 g/mol. The van der Waals surface area contributed by atoms with Gasteiger partial charge in [0.2, 0.25) is 0 Å². The SMILES string of the molecule is COc1cccc(C(NC(=O)c2cc(Cl)c[nH]2)c2nccn2C)c1. The molecular weight excluding hydrogens is 328 g/mol.